The Labute approximate surface area is 321 Å². The van der Waals surface area contributed by atoms with Crippen molar-refractivity contribution in [1.29, 1.82) is 0 Å². The molecule has 4 aliphatic rings. The lowest BCUT2D eigenvalue weighted by Gasteiger charge is -2.18. The average Bonchev–Trinajstić information content (AvgIpc) is 3.18. The van der Waals surface area contributed by atoms with Gasteiger partial charge in [0.1, 0.15) is 0 Å². The summed E-state index contributed by atoms with van der Waals surface area (Å²) in [7, 11) is 0. The highest BCUT2D eigenvalue weighted by molar-refractivity contribution is 5.73. The second kappa shape index (κ2) is 16.4. The van der Waals surface area contributed by atoms with E-state index in [4.69, 9.17) is 0 Å². The van der Waals surface area contributed by atoms with Crippen LogP contribution in [0.1, 0.15) is 66.8 Å². The molecule has 4 heterocycles. The van der Waals surface area contributed by atoms with E-state index in [2.05, 4.69) is 183 Å². The normalized spacial score (nSPS) is 13.4. The van der Waals surface area contributed by atoms with Gasteiger partial charge < -0.3 is 31.9 Å². The Morgan fingerprint density at radius 3 is 0.500 bits per heavy atom. The van der Waals surface area contributed by atoms with E-state index in [9.17, 15) is 0 Å². The van der Waals surface area contributed by atoms with E-state index in [-0.39, 0.29) is 0 Å². The Hall–Kier alpha value is -5.88. The van der Waals surface area contributed by atoms with Gasteiger partial charge in [-0.3, -0.25) is 0 Å². The van der Waals surface area contributed by atoms with Crippen LogP contribution >= 0.6 is 0 Å². The molecule has 0 aromatic heterocycles. The van der Waals surface area contributed by atoms with Crippen molar-refractivity contribution in [2.45, 2.75) is 80.8 Å². The smallest absolute Gasteiger partial charge is 0.0581 e. The number of nitrogens with one attached hydrogen (secondary N) is 6. The molecule has 10 rings (SSSR count). The first-order valence-corrected chi connectivity index (χ1v) is 19.2. The van der Waals surface area contributed by atoms with Crippen molar-refractivity contribution in [3.63, 3.8) is 0 Å². The van der Waals surface area contributed by atoms with Crippen molar-refractivity contribution in [2.75, 3.05) is 31.9 Å². The highest BCUT2D eigenvalue weighted by Crippen LogP contribution is 2.30. The Balaban J connectivity index is 1.15. The van der Waals surface area contributed by atoms with Crippen LogP contribution in [0.25, 0.3) is 0 Å². The molecule has 0 radical (unpaired) electrons. The second-order valence-electron chi connectivity index (χ2n) is 15.0. The number of fused-ring (bicyclic) bond motifs is 3. The minimum atomic E-state index is 0.747. The maximum atomic E-state index is 3.72. The Morgan fingerprint density at radius 1 is 0.241 bits per heavy atom. The van der Waals surface area contributed by atoms with Crippen LogP contribution in [0.4, 0.5) is 34.1 Å². The average molecular weight is 715 g/mol. The van der Waals surface area contributed by atoms with Gasteiger partial charge in [0, 0.05) is 39.3 Å². The fourth-order valence-electron chi connectivity index (χ4n) is 6.83. The fourth-order valence-corrected chi connectivity index (χ4v) is 6.83. The summed E-state index contributed by atoms with van der Waals surface area (Å²) in [6.07, 6.45) is 0. The summed E-state index contributed by atoms with van der Waals surface area (Å²) in [5.41, 5.74) is 21.8. The molecule has 0 saturated heterocycles. The zero-order valence-corrected chi connectivity index (χ0v) is 32.6. The molecule has 4 aliphatic heterocycles. The van der Waals surface area contributed by atoms with Gasteiger partial charge in [0.25, 0.3) is 0 Å². The molecule has 6 N–H and O–H groups in total. The molecule has 6 nitrogen and oxygen atoms in total. The van der Waals surface area contributed by atoms with E-state index in [0.717, 1.165) is 73.4 Å². The van der Waals surface area contributed by atoms with Gasteiger partial charge in [0.15, 0.2) is 0 Å². The molecule has 0 spiro atoms. The molecule has 54 heavy (non-hydrogen) atoms. The minimum Gasteiger partial charge on any atom is -0.379 e. The van der Waals surface area contributed by atoms with Crippen LogP contribution in [-0.4, -0.2) is 0 Å². The molecule has 6 heteroatoms. The number of anilines is 6. The summed E-state index contributed by atoms with van der Waals surface area (Å²) in [5.74, 6) is 0. The van der Waals surface area contributed by atoms with Crippen LogP contribution in [0.2, 0.25) is 0 Å². The van der Waals surface area contributed by atoms with E-state index >= 15 is 0 Å². The van der Waals surface area contributed by atoms with Gasteiger partial charge in [-0.05, 0) is 145 Å². The zero-order valence-electron chi connectivity index (χ0n) is 32.6. The van der Waals surface area contributed by atoms with Gasteiger partial charge in [-0.25, -0.2) is 0 Å². The van der Waals surface area contributed by atoms with E-state index in [1.165, 1.54) is 66.8 Å². The molecular weight excluding hydrogens is 661 g/mol. The second-order valence-corrected chi connectivity index (χ2v) is 15.0. The Kier molecular flexibility index (Phi) is 11.1. The number of rotatable bonds is 0. The first kappa shape index (κ1) is 36.5. The maximum absolute atomic E-state index is 3.72. The van der Waals surface area contributed by atoms with Crippen LogP contribution in [0, 0.1) is 41.5 Å². The van der Waals surface area contributed by atoms with Gasteiger partial charge in [-0.2, -0.15) is 0 Å². The molecule has 0 saturated carbocycles. The van der Waals surface area contributed by atoms with Crippen LogP contribution in [0.15, 0.2) is 109 Å². The lowest BCUT2D eigenvalue weighted by Crippen LogP contribution is -2.08. The Morgan fingerprint density at radius 2 is 0.370 bits per heavy atom. The highest BCUT2D eigenvalue weighted by Gasteiger charge is 2.10. The van der Waals surface area contributed by atoms with Crippen molar-refractivity contribution in [3.05, 3.63) is 176 Å². The lowest BCUT2D eigenvalue weighted by atomic mass is 10.1. The van der Waals surface area contributed by atoms with E-state index in [0.29, 0.717) is 0 Å². The molecule has 0 aliphatic carbocycles. The third kappa shape index (κ3) is 9.00. The number of benzene rings is 6. The van der Waals surface area contributed by atoms with E-state index in [1.54, 1.807) is 0 Å². The third-order valence-electron chi connectivity index (χ3n) is 10.9. The molecule has 0 amide bonds. The third-order valence-corrected chi connectivity index (χ3v) is 10.9. The van der Waals surface area contributed by atoms with Crippen LogP contribution < -0.4 is 31.9 Å². The summed E-state index contributed by atoms with van der Waals surface area (Å²) in [6.45, 7) is 17.5. The molecule has 0 unspecified atom stereocenters. The first-order chi connectivity index (χ1) is 26.2. The number of hydrogen-bond acceptors (Lipinski definition) is 6. The van der Waals surface area contributed by atoms with Crippen LogP contribution in [0.3, 0.4) is 0 Å². The predicted molar refractivity (Wildman–Crippen MR) is 231 cm³/mol. The van der Waals surface area contributed by atoms with Crippen molar-refractivity contribution in [2.24, 2.45) is 0 Å². The standard InChI is InChI=1S/C48H54N6/c1-31-19-43-44(20-32(31)2)50-26-38-11-13-40(14-12-38)28-52-47-23-35(5)36(6)24-48(47)54-30-42-17-15-41(16-18-42)29-53-46-22-34(4)33(3)21-45(46)51-27-39-9-7-37(8-10-39)25-49-43/h7-24,49-54H,25-30H2,1-6H3. The fraction of sp³-hybridized carbons (Fsp3) is 0.250. The van der Waals surface area contributed by atoms with Crippen molar-refractivity contribution in [1.82, 2.24) is 0 Å². The summed E-state index contributed by atoms with van der Waals surface area (Å²) in [4.78, 5) is 0. The zero-order chi connectivity index (χ0) is 37.6. The van der Waals surface area contributed by atoms with Crippen LogP contribution in [0.5, 0.6) is 0 Å². The van der Waals surface area contributed by atoms with Gasteiger partial charge in [0.05, 0.1) is 34.1 Å². The first-order valence-electron chi connectivity index (χ1n) is 19.2. The molecule has 6 bridgehead atoms. The lowest BCUT2D eigenvalue weighted by molar-refractivity contribution is 1.08. The largest absolute Gasteiger partial charge is 0.379 e. The molecule has 6 aromatic rings. The quantitative estimate of drug-likeness (QED) is 0.0941. The monoisotopic (exact) mass is 714 g/mol. The predicted octanol–water partition coefficient (Wildman–Crippen LogP) is 11.5. The van der Waals surface area contributed by atoms with Gasteiger partial charge in [0.2, 0.25) is 0 Å². The van der Waals surface area contributed by atoms with Crippen molar-refractivity contribution >= 4 is 34.1 Å². The van der Waals surface area contributed by atoms with Crippen molar-refractivity contribution < 1.29 is 0 Å². The van der Waals surface area contributed by atoms with E-state index in [1.807, 2.05) is 0 Å². The van der Waals surface area contributed by atoms with Gasteiger partial charge in [-0.15, -0.1) is 0 Å². The molecule has 276 valence electrons. The number of hydrogen-bond donors (Lipinski definition) is 6. The number of aryl methyl sites for hydroxylation is 6. The van der Waals surface area contributed by atoms with Crippen molar-refractivity contribution in [3.8, 4) is 0 Å². The molecular formula is C48H54N6. The molecule has 6 aromatic carbocycles. The Bertz CT molecular complexity index is 1810. The minimum absolute atomic E-state index is 0.747. The summed E-state index contributed by atoms with van der Waals surface area (Å²) in [5, 5.41) is 22.3. The topological polar surface area (TPSA) is 72.2 Å². The summed E-state index contributed by atoms with van der Waals surface area (Å²) < 4.78 is 0. The van der Waals surface area contributed by atoms with Crippen LogP contribution in [-0.2, 0) is 39.3 Å². The molecule has 0 fully saturated rings. The van der Waals surface area contributed by atoms with Gasteiger partial charge in [-0.1, -0.05) is 72.8 Å². The highest BCUT2D eigenvalue weighted by atomic mass is 15.0. The van der Waals surface area contributed by atoms with E-state index < -0.39 is 0 Å². The SMILES string of the molecule is Cc1cc2c(cc1C)NCc1ccc(cc1)CNc1cc(C)c(C)cc1NCc1ccc(cc1)CNc1cc(C)c(C)cc1NCc1ccc(cc1)CN2. The molecule has 0 atom stereocenters. The summed E-state index contributed by atoms with van der Waals surface area (Å²) >= 11 is 0. The summed E-state index contributed by atoms with van der Waals surface area (Å²) in [6, 6.07) is 40.3. The maximum Gasteiger partial charge on any atom is 0.0581 e. The van der Waals surface area contributed by atoms with Gasteiger partial charge >= 0.3 is 0 Å².